The van der Waals surface area contributed by atoms with Crippen LogP contribution in [0, 0.1) is 5.92 Å². The lowest BCUT2D eigenvalue weighted by atomic mass is 9.73. The highest BCUT2D eigenvalue weighted by molar-refractivity contribution is 6.00. The van der Waals surface area contributed by atoms with Gasteiger partial charge >= 0.3 is 0 Å². The molecule has 0 unspecified atom stereocenters. The number of hydrogen-bond donors (Lipinski definition) is 0. The molecule has 0 fully saturated rings. The van der Waals surface area contributed by atoms with E-state index >= 15 is 0 Å². The van der Waals surface area contributed by atoms with Crippen molar-refractivity contribution in [1.82, 2.24) is 0 Å². The van der Waals surface area contributed by atoms with Crippen LogP contribution in [0.2, 0.25) is 0 Å². The van der Waals surface area contributed by atoms with Gasteiger partial charge in [0.25, 0.3) is 0 Å². The molecule has 2 aromatic carbocycles. The van der Waals surface area contributed by atoms with Crippen LogP contribution in [0.5, 0.6) is 0 Å². The van der Waals surface area contributed by atoms with Gasteiger partial charge in [-0.15, -0.1) is 0 Å². The summed E-state index contributed by atoms with van der Waals surface area (Å²) in [6.45, 7) is 2.11. The topological polar surface area (TPSA) is 17.1 Å². The molecule has 0 saturated carbocycles. The summed E-state index contributed by atoms with van der Waals surface area (Å²) in [6.07, 6.45) is 3.71. The first-order valence-corrected chi connectivity index (χ1v) is 7.64. The Morgan fingerprint density at radius 1 is 0.952 bits per heavy atom. The Balaban J connectivity index is 1.98. The van der Waals surface area contributed by atoms with Gasteiger partial charge in [-0.1, -0.05) is 67.6 Å². The van der Waals surface area contributed by atoms with Crippen molar-refractivity contribution in [3.63, 3.8) is 0 Å². The highest BCUT2D eigenvalue weighted by atomic mass is 16.1. The number of rotatable bonds is 3. The minimum atomic E-state index is 0.111. The highest BCUT2D eigenvalue weighted by Crippen LogP contribution is 2.40. The lowest BCUT2D eigenvalue weighted by Crippen LogP contribution is -2.25. The summed E-state index contributed by atoms with van der Waals surface area (Å²) in [7, 11) is 0. The maximum atomic E-state index is 12.5. The van der Waals surface area contributed by atoms with Gasteiger partial charge < -0.3 is 0 Å². The van der Waals surface area contributed by atoms with Crippen LogP contribution >= 0.6 is 0 Å². The van der Waals surface area contributed by atoms with E-state index in [0.717, 1.165) is 12.8 Å². The monoisotopic (exact) mass is 276 g/mol. The van der Waals surface area contributed by atoms with Crippen molar-refractivity contribution in [1.29, 1.82) is 0 Å². The van der Waals surface area contributed by atoms with Crippen molar-refractivity contribution in [2.24, 2.45) is 5.92 Å². The highest BCUT2D eigenvalue weighted by Gasteiger charge is 2.31. The molecule has 0 bridgehead atoms. The summed E-state index contributed by atoms with van der Waals surface area (Å²) in [5.74, 6) is 0.681. The van der Waals surface area contributed by atoms with Crippen LogP contribution < -0.4 is 0 Å². The molecule has 1 aliphatic carbocycles. The maximum absolute atomic E-state index is 12.5. The second kappa shape index (κ2) is 6.09. The average molecular weight is 276 g/mol. The number of allylic oxidation sites excluding steroid dienone is 2. The smallest absolute Gasteiger partial charge is 0.159 e. The number of carbonyl (C=O) groups is 1. The predicted molar refractivity (Wildman–Crippen MR) is 87.0 cm³/mol. The molecule has 0 heterocycles. The quantitative estimate of drug-likeness (QED) is 0.783. The Labute approximate surface area is 126 Å². The molecule has 2 atom stereocenters. The summed E-state index contributed by atoms with van der Waals surface area (Å²) in [5, 5.41) is 0. The Bertz CT molecular complexity index is 640. The number of ketones is 1. The van der Waals surface area contributed by atoms with Crippen molar-refractivity contribution in [2.45, 2.75) is 25.7 Å². The van der Waals surface area contributed by atoms with E-state index in [4.69, 9.17) is 0 Å². The predicted octanol–water partition coefficient (Wildman–Crippen LogP) is 4.85. The number of hydrogen-bond acceptors (Lipinski definition) is 1. The van der Waals surface area contributed by atoms with Gasteiger partial charge in [0.1, 0.15) is 0 Å². The van der Waals surface area contributed by atoms with Crippen molar-refractivity contribution in [3.8, 4) is 0 Å². The molecule has 0 amide bonds. The standard InChI is InChI=1S/C20H20O/c1-2-18-19(16-11-7-4-8-12-16)13-17(14-20(18)21)15-9-5-3-6-10-15/h3-12,14,18-19H,2,13H2,1H3/t18-,19+/m0/s1. The molecule has 1 aliphatic rings. The lowest BCUT2D eigenvalue weighted by molar-refractivity contribution is -0.119. The molecule has 0 aliphatic heterocycles. The largest absolute Gasteiger partial charge is 0.295 e. The Morgan fingerprint density at radius 2 is 1.57 bits per heavy atom. The van der Waals surface area contributed by atoms with Crippen molar-refractivity contribution < 1.29 is 4.79 Å². The fourth-order valence-electron chi connectivity index (χ4n) is 3.30. The second-order valence-corrected chi connectivity index (χ2v) is 5.67. The Hall–Kier alpha value is -2.15. The van der Waals surface area contributed by atoms with Gasteiger partial charge in [-0.05, 0) is 41.5 Å². The van der Waals surface area contributed by atoms with Crippen LogP contribution in [-0.2, 0) is 4.79 Å². The molecule has 0 N–H and O–H groups in total. The SMILES string of the molecule is CC[C@@H]1C(=O)C=C(c2ccccc2)C[C@@H]1c1ccccc1. The average Bonchev–Trinajstić information content (AvgIpc) is 2.55. The molecule has 0 saturated heterocycles. The Kier molecular flexibility index (Phi) is 4.01. The molecule has 21 heavy (non-hydrogen) atoms. The third kappa shape index (κ3) is 2.82. The minimum Gasteiger partial charge on any atom is -0.295 e. The maximum Gasteiger partial charge on any atom is 0.159 e. The third-order valence-electron chi connectivity index (χ3n) is 4.42. The lowest BCUT2D eigenvalue weighted by Gasteiger charge is -2.30. The first-order chi connectivity index (χ1) is 10.3. The minimum absolute atomic E-state index is 0.111. The van der Waals surface area contributed by atoms with E-state index in [2.05, 4.69) is 43.3 Å². The van der Waals surface area contributed by atoms with Gasteiger partial charge in [0, 0.05) is 5.92 Å². The molecule has 0 radical (unpaired) electrons. The van der Waals surface area contributed by atoms with Gasteiger partial charge in [-0.2, -0.15) is 0 Å². The molecule has 0 spiro atoms. The van der Waals surface area contributed by atoms with Gasteiger partial charge in [-0.25, -0.2) is 0 Å². The number of carbonyl (C=O) groups excluding carboxylic acids is 1. The van der Waals surface area contributed by atoms with Crippen molar-refractivity contribution in [3.05, 3.63) is 77.9 Å². The van der Waals surface area contributed by atoms with Crippen LogP contribution in [0.25, 0.3) is 5.57 Å². The first-order valence-electron chi connectivity index (χ1n) is 7.64. The second-order valence-electron chi connectivity index (χ2n) is 5.67. The van der Waals surface area contributed by atoms with E-state index in [1.54, 1.807) is 0 Å². The third-order valence-corrected chi connectivity index (χ3v) is 4.42. The van der Waals surface area contributed by atoms with Crippen LogP contribution in [0.15, 0.2) is 66.7 Å². The fourth-order valence-corrected chi connectivity index (χ4v) is 3.30. The van der Waals surface area contributed by atoms with E-state index < -0.39 is 0 Å². The van der Waals surface area contributed by atoms with Crippen molar-refractivity contribution in [2.75, 3.05) is 0 Å². The van der Waals surface area contributed by atoms with Gasteiger partial charge in [0.15, 0.2) is 5.78 Å². The van der Waals surface area contributed by atoms with E-state index in [1.165, 1.54) is 16.7 Å². The van der Waals surface area contributed by atoms with Crippen LogP contribution in [0.1, 0.15) is 36.8 Å². The van der Waals surface area contributed by atoms with E-state index in [1.807, 2.05) is 30.3 Å². The molecular formula is C20H20O. The molecule has 106 valence electrons. The normalized spacial score (nSPS) is 22.0. The van der Waals surface area contributed by atoms with Crippen molar-refractivity contribution >= 4 is 11.4 Å². The summed E-state index contributed by atoms with van der Waals surface area (Å²) in [6, 6.07) is 20.7. The summed E-state index contributed by atoms with van der Waals surface area (Å²) in [4.78, 5) is 12.5. The molecular weight excluding hydrogens is 256 g/mol. The zero-order valence-corrected chi connectivity index (χ0v) is 12.3. The molecule has 1 nitrogen and oxygen atoms in total. The molecule has 1 heteroatoms. The fraction of sp³-hybridized carbons (Fsp3) is 0.250. The molecule has 0 aromatic heterocycles. The first kappa shape index (κ1) is 13.8. The summed E-state index contributed by atoms with van der Waals surface area (Å²) >= 11 is 0. The zero-order chi connectivity index (χ0) is 14.7. The van der Waals surface area contributed by atoms with Crippen LogP contribution in [0.3, 0.4) is 0 Å². The molecule has 3 rings (SSSR count). The Morgan fingerprint density at radius 3 is 2.19 bits per heavy atom. The summed E-state index contributed by atoms with van der Waals surface area (Å²) < 4.78 is 0. The van der Waals surface area contributed by atoms with E-state index in [-0.39, 0.29) is 11.7 Å². The van der Waals surface area contributed by atoms with Gasteiger partial charge in [0.05, 0.1) is 0 Å². The number of benzene rings is 2. The van der Waals surface area contributed by atoms with Crippen LogP contribution in [-0.4, -0.2) is 5.78 Å². The summed E-state index contributed by atoms with van der Waals surface area (Å²) in [5.41, 5.74) is 3.61. The van der Waals surface area contributed by atoms with Gasteiger partial charge in [-0.3, -0.25) is 4.79 Å². The van der Waals surface area contributed by atoms with Crippen LogP contribution in [0.4, 0.5) is 0 Å². The van der Waals surface area contributed by atoms with E-state index in [0.29, 0.717) is 5.92 Å². The zero-order valence-electron chi connectivity index (χ0n) is 12.3. The van der Waals surface area contributed by atoms with Gasteiger partial charge in [0.2, 0.25) is 0 Å². The molecule has 2 aromatic rings. The van der Waals surface area contributed by atoms with E-state index in [9.17, 15) is 4.79 Å².